The van der Waals surface area contributed by atoms with Gasteiger partial charge in [-0.15, -0.1) is 0 Å². The summed E-state index contributed by atoms with van der Waals surface area (Å²) in [6.07, 6.45) is 1.26. The lowest BCUT2D eigenvalue weighted by molar-refractivity contribution is -0.139. The van der Waals surface area contributed by atoms with Gasteiger partial charge in [-0.2, -0.15) is 0 Å². The van der Waals surface area contributed by atoms with E-state index in [0.29, 0.717) is 30.6 Å². The molecule has 0 saturated carbocycles. The minimum Gasteiger partial charge on any atom is -0.390 e. The molecule has 0 spiro atoms. The summed E-state index contributed by atoms with van der Waals surface area (Å²) in [5.41, 5.74) is 2.23. The SMILES string of the molecule is C[C@H]1CC[C@H]2C(=O)N(Cc3ccc(Cl)cc3)C[C@@H](O)CN2[C@H]1c1ccc(Br)cc1. The second-order valence-corrected chi connectivity index (χ2v) is 9.61. The molecule has 4 rings (SSSR count). The van der Waals surface area contributed by atoms with Gasteiger partial charge in [0.05, 0.1) is 12.1 Å². The Labute approximate surface area is 185 Å². The monoisotopic (exact) mass is 476 g/mol. The van der Waals surface area contributed by atoms with Gasteiger partial charge in [-0.1, -0.05) is 58.7 Å². The third kappa shape index (κ3) is 4.53. The van der Waals surface area contributed by atoms with E-state index in [2.05, 4.69) is 52.0 Å². The van der Waals surface area contributed by atoms with Crippen molar-refractivity contribution in [2.75, 3.05) is 13.1 Å². The van der Waals surface area contributed by atoms with Crippen LogP contribution in [-0.2, 0) is 11.3 Å². The van der Waals surface area contributed by atoms with Crippen LogP contribution in [0.4, 0.5) is 0 Å². The van der Waals surface area contributed by atoms with Gasteiger partial charge in [0.2, 0.25) is 5.91 Å². The molecule has 2 fully saturated rings. The van der Waals surface area contributed by atoms with Crippen LogP contribution < -0.4 is 0 Å². The summed E-state index contributed by atoms with van der Waals surface area (Å²) < 4.78 is 1.04. The number of aliphatic hydroxyl groups is 1. The lowest BCUT2D eigenvalue weighted by atomic mass is 9.82. The topological polar surface area (TPSA) is 43.8 Å². The quantitative estimate of drug-likeness (QED) is 0.700. The highest BCUT2D eigenvalue weighted by atomic mass is 79.9. The maximum atomic E-state index is 13.5. The van der Waals surface area contributed by atoms with E-state index >= 15 is 0 Å². The Kier molecular flexibility index (Phi) is 6.30. The van der Waals surface area contributed by atoms with Crippen molar-refractivity contribution in [2.24, 2.45) is 5.92 Å². The third-order valence-electron chi connectivity index (χ3n) is 6.14. The first kappa shape index (κ1) is 20.9. The first-order chi connectivity index (χ1) is 13.9. The molecule has 2 aromatic carbocycles. The summed E-state index contributed by atoms with van der Waals surface area (Å²) >= 11 is 9.50. The molecular formula is C23H26BrClN2O2. The Bertz CT molecular complexity index is 858. The highest BCUT2D eigenvalue weighted by Crippen LogP contribution is 2.40. The average Bonchev–Trinajstić information content (AvgIpc) is 2.81. The Morgan fingerprint density at radius 1 is 1.07 bits per heavy atom. The number of halogens is 2. The average molecular weight is 478 g/mol. The molecule has 0 aromatic heterocycles. The normalized spacial score (nSPS) is 28.1. The summed E-state index contributed by atoms with van der Waals surface area (Å²) in [6, 6.07) is 15.9. The largest absolute Gasteiger partial charge is 0.390 e. The van der Waals surface area contributed by atoms with Crippen LogP contribution in [-0.4, -0.2) is 46.0 Å². The van der Waals surface area contributed by atoms with Crippen LogP contribution in [0.5, 0.6) is 0 Å². The molecular weight excluding hydrogens is 452 g/mol. The Morgan fingerprint density at radius 2 is 1.76 bits per heavy atom. The molecule has 2 aliphatic rings. The van der Waals surface area contributed by atoms with Gasteiger partial charge in [-0.25, -0.2) is 0 Å². The predicted octanol–water partition coefficient (Wildman–Crippen LogP) is 4.65. The van der Waals surface area contributed by atoms with Crippen LogP contribution in [0.3, 0.4) is 0 Å². The van der Waals surface area contributed by atoms with E-state index in [1.807, 2.05) is 29.2 Å². The van der Waals surface area contributed by atoms with Crippen molar-refractivity contribution < 1.29 is 9.90 Å². The molecule has 29 heavy (non-hydrogen) atoms. The van der Waals surface area contributed by atoms with Gasteiger partial charge in [0.25, 0.3) is 0 Å². The second kappa shape index (κ2) is 8.76. The van der Waals surface area contributed by atoms with Crippen LogP contribution in [0.1, 0.15) is 36.9 Å². The fourth-order valence-corrected chi connectivity index (χ4v) is 5.15. The van der Waals surface area contributed by atoms with Gasteiger partial charge in [0, 0.05) is 35.2 Å². The van der Waals surface area contributed by atoms with Crippen LogP contribution in [0.25, 0.3) is 0 Å². The molecule has 0 radical (unpaired) electrons. The number of piperidine rings is 1. The van der Waals surface area contributed by atoms with Crippen molar-refractivity contribution in [3.63, 3.8) is 0 Å². The summed E-state index contributed by atoms with van der Waals surface area (Å²) in [5.74, 6) is 0.542. The lowest BCUT2D eigenvalue weighted by Crippen LogP contribution is -2.51. The van der Waals surface area contributed by atoms with E-state index in [0.717, 1.165) is 22.9 Å². The molecule has 4 atom stereocenters. The van der Waals surface area contributed by atoms with Crippen molar-refractivity contribution in [1.29, 1.82) is 0 Å². The van der Waals surface area contributed by atoms with E-state index < -0.39 is 6.10 Å². The molecule has 0 unspecified atom stereocenters. The molecule has 2 heterocycles. The van der Waals surface area contributed by atoms with E-state index in [-0.39, 0.29) is 18.0 Å². The zero-order chi connectivity index (χ0) is 20.5. The maximum Gasteiger partial charge on any atom is 0.240 e. The van der Waals surface area contributed by atoms with Crippen molar-refractivity contribution >= 4 is 33.4 Å². The molecule has 0 bridgehead atoms. The number of fused-ring (bicyclic) bond motifs is 1. The zero-order valence-electron chi connectivity index (χ0n) is 16.5. The van der Waals surface area contributed by atoms with Crippen molar-refractivity contribution in [1.82, 2.24) is 9.80 Å². The van der Waals surface area contributed by atoms with Gasteiger partial charge < -0.3 is 10.0 Å². The molecule has 2 saturated heterocycles. The second-order valence-electron chi connectivity index (χ2n) is 8.26. The number of hydrogen-bond acceptors (Lipinski definition) is 3. The van der Waals surface area contributed by atoms with E-state index in [9.17, 15) is 9.90 Å². The van der Waals surface area contributed by atoms with E-state index in [4.69, 9.17) is 11.6 Å². The van der Waals surface area contributed by atoms with E-state index in [1.54, 1.807) is 0 Å². The fraction of sp³-hybridized carbons (Fsp3) is 0.435. The number of hydrogen-bond donors (Lipinski definition) is 1. The molecule has 154 valence electrons. The Hall–Kier alpha value is -1.40. The van der Waals surface area contributed by atoms with Gasteiger partial charge in [-0.3, -0.25) is 9.69 Å². The maximum absolute atomic E-state index is 13.5. The zero-order valence-corrected chi connectivity index (χ0v) is 18.8. The van der Waals surface area contributed by atoms with Gasteiger partial charge in [0.1, 0.15) is 0 Å². The minimum absolute atomic E-state index is 0.116. The number of rotatable bonds is 3. The number of carbonyl (C=O) groups is 1. The van der Waals surface area contributed by atoms with E-state index in [1.165, 1.54) is 5.56 Å². The van der Waals surface area contributed by atoms with Crippen LogP contribution in [0.2, 0.25) is 5.02 Å². The molecule has 2 aromatic rings. The number of amides is 1. The number of aliphatic hydroxyl groups excluding tert-OH is 1. The Morgan fingerprint density at radius 3 is 2.45 bits per heavy atom. The Balaban J connectivity index is 1.60. The number of carbonyl (C=O) groups excluding carboxylic acids is 1. The molecule has 1 N–H and O–H groups in total. The van der Waals surface area contributed by atoms with Crippen molar-refractivity contribution in [3.05, 3.63) is 69.2 Å². The molecule has 0 aliphatic carbocycles. The van der Waals surface area contributed by atoms with Crippen LogP contribution in [0, 0.1) is 5.92 Å². The number of nitrogens with zero attached hydrogens (tertiary/aromatic N) is 2. The highest BCUT2D eigenvalue weighted by Gasteiger charge is 2.44. The van der Waals surface area contributed by atoms with Gasteiger partial charge in [0.15, 0.2) is 0 Å². The summed E-state index contributed by atoms with van der Waals surface area (Å²) in [5, 5.41) is 11.5. The first-order valence-corrected chi connectivity index (χ1v) is 11.3. The predicted molar refractivity (Wildman–Crippen MR) is 119 cm³/mol. The fourth-order valence-electron chi connectivity index (χ4n) is 4.76. The number of β-amino-alcohol motifs (C(OH)–C–C–N with tert-alkyl or cyclic N) is 1. The molecule has 1 amide bonds. The minimum atomic E-state index is -0.570. The first-order valence-electron chi connectivity index (χ1n) is 10.1. The number of benzene rings is 2. The van der Waals surface area contributed by atoms with Crippen LogP contribution in [0.15, 0.2) is 53.0 Å². The third-order valence-corrected chi connectivity index (χ3v) is 6.92. The van der Waals surface area contributed by atoms with Crippen LogP contribution >= 0.6 is 27.5 Å². The molecule has 4 nitrogen and oxygen atoms in total. The van der Waals surface area contributed by atoms with Crippen molar-refractivity contribution in [3.8, 4) is 0 Å². The van der Waals surface area contributed by atoms with Crippen molar-refractivity contribution in [2.45, 2.75) is 44.5 Å². The van der Waals surface area contributed by atoms with Gasteiger partial charge >= 0.3 is 0 Å². The highest BCUT2D eigenvalue weighted by molar-refractivity contribution is 9.10. The lowest BCUT2D eigenvalue weighted by Gasteiger charge is -2.44. The van der Waals surface area contributed by atoms with Gasteiger partial charge in [-0.05, 0) is 54.2 Å². The molecule has 6 heteroatoms. The smallest absolute Gasteiger partial charge is 0.240 e. The summed E-state index contributed by atoms with van der Waals surface area (Å²) in [4.78, 5) is 17.5. The summed E-state index contributed by atoms with van der Waals surface area (Å²) in [7, 11) is 0. The standard InChI is InChI=1S/C23H26BrClN2O2/c1-15-2-11-21-23(29)26(12-16-3-9-19(25)10-4-16)13-20(28)14-27(21)22(15)17-5-7-18(24)8-6-17/h3-10,15,20-22,28H,2,11-14H2,1H3/t15-,20+,21-,22+/m0/s1. The molecule has 2 aliphatic heterocycles. The summed E-state index contributed by atoms with van der Waals surface area (Å²) in [6.45, 7) is 3.61.